The van der Waals surface area contributed by atoms with Crippen LogP contribution in [-0.2, 0) is 9.59 Å². The molecule has 26 heavy (non-hydrogen) atoms. The van der Waals surface area contributed by atoms with Gasteiger partial charge in [-0.25, -0.2) is 0 Å². The standard InChI is InChI=1S/C20H27N3O3/c1-14-16(20(26)23-12-2-3-13-23)6-4-7-17(14)22-18(24)8-5-11-21-19(25)15-9-10-15/h4,6-7,15H,2-3,5,8-13H2,1H3,(H,21,25)(H,22,24). The van der Waals surface area contributed by atoms with Gasteiger partial charge in [-0.2, -0.15) is 0 Å². The van der Waals surface area contributed by atoms with Crippen LogP contribution in [0.4, 0.5) is 5.69 Å². The summed E-state index contributed by atoms with van der Waals surface area (Å²) in [7, 11) is 0. The van der Waals surface area contributed by atoms with E-state index in [4.69, 9.17) is 0 Å². The van der Waals surface area contributed by atoms with Crippen LogP contribution >= 0.6 is 0 Å². The molecule has 1 aliphatic carbocycles. The fourth-order valence-corrected chi connectivity index (χ4v) is 3.26. The van der Waals surface area contributed by atoms with Gasteiger partial charge in [-0.3, -0.25) is 14.4 Å². The third-order valence-corrected chi connectivity index (χ3v) is 5.06. The van der Waals surface area contributed by atoms with E-state index in [9.17, 15) is 14.4 Å². The first kappa shape index (κ1) is 18.4. The summed E-state index contributed by atoms with van der Waals surface area (Å²) in [6, 6.07) is 5.45. The van der Waals surface area contributed by atoms with Crippen LogP contribution in [0.1, 0.15) is 54.4 Å². The predicted octanol–water partition coefficient (Wildman–Crippen LogP) is 2.48. The van der Waals surface area contributed by atoms with E-state index in [0.717, 1.165) is 44.3 Å². The molecule has 1 saturated heterocycles. The van der Waals surface area contributed by atoms with Gasteiger partial charge in [-0.05, 0) is 56.7 Å². The second-order valence-corrected chi connectivity index (χ2v) is 7.19. The molecule has 3 rings (SSSR count). The van der Waals surface area contributed by atoms with Crippen molar-refractivity contribution in [2.24, 2.45) is 5.92 Å². The summed E-state index contributed by atoms with van der Waals surface area (Å²) in [5, 5.41) is 5.76. The second kappa shape index (κ2) is 8.34. The Morgan fingerprint density at radius 2 is 1.88 bits per heavy atom. The van der Waals surface area contributed by atoms with E-state index in [2.05, 4.69) is 10.6 Å². The number of carbonyl (C=O) groups is 3. The van der Waals surface area contributed by atoms with Gasteiger partial charge < -0.3 is 15.5 Å². The number of rotatable bonds is 7. The van der Waals surface area contributed by atoms with Crippen LogP contribution in [0, 0.1) is 12.8 Å². The monoisotopic (exact) mass is 357 g/mol. The summed E-state index contributed by atoms with van der Waals surface area (Å²) in [5.41, 5.74) is 2.14. The van der Waals surface area contributed by atoms with Gasteiger partial charge in [0, 0.05) is 43.2 Å². The zero-order valence-electron chi connectivity index (χ0n) is 15.3. The summed E-state index contributed by atoms with van der Waals surface area (Å²) in [6.45, 7) is 4.01. The largest absolute Gasteiger partial charge is 0.356 e. The number of nitrogens with zero attached hydrogens (tertiary/aromatic N) is 1. The Bertz CT molecular complexity index is 692. The van der Waals surface area contributed by atoms with Crippen LogP contribution in [0.25, 0.3) is 0 Å². The highest BCUT2D eigenvalue weighted by Gasteiger charge is 2.29. The summed E-state index contributed by atoms with van der Waals surface area (Å²) in [5.74, 6) is 0.246. The van der Waals surface area contributed by atoms with Gasteiger partial charge in [0.2, 0.25) is 11.8 Å². The Kier molecular flexibility index (Phi) is 5.91. The third-order valence-electron chi connectivity index (χ3n) is 5.06. The number of amides is 3. The number of nitrogens with one attached hydrogen (secondary N) is 2. The fraction of sp³-hybridized carbons (Fsp3) is 0.550. The average molecular weight is 357 g/mol. The Hall–Kier alpha value is -2.37. The van der Waals surface area contributed by atoms with E-state index < -0.39 is 0 Å². The molecule has 1 aliphatic heterocycles. The molecule has 0 atom stereocenters. The smallest absolute Gasteiger partial charge is 0.254 e. The molecule has 2 aliphatic rings. The van der Waals surface area contributed by atoms with Crippen LogP contribution in [-0.4, -0.2) is 42.3 Å². The van der Waals surface area contributed by atoms with Crippen LogP contribution in [0.3, 0.4) is 0 Å². The van der Waals surface area contributed by atoms with E-state index in [1.807, 2.05) is 30.0 Å². The first-order chi connectivity index (χ1) is 12.6. The van der Waals surface area contributed by atoms with Crippen molar-refractivity contribution >= 4 is 23.4 Å². The predicted molar refractivity (Wildman–Crippen MR) is 99.9 cm³/mol. The minimum atomic E-state index is -0.0976. The molecule has 1 saturated carbocycles. The molecule has 2 fully saturated rings. The van der Waals surface area contributed by atoms with E-state index in [0.29, 0.717) is 30.6 Å². The summed E-state index contributed by atoms with van der Waals surface area (Å²) in [4.78, 5) is 38.2. The second-order valence-electron chi connectivity index (χ2n) is 7.19. The van der Waals surface area contributed by atoms with Crippen LogP contribution in [0.15, 0.2) is 18.2 Å². The van der Waals surface area contributed by atoms with Crippen molar-refractivity contribution in [1.82, 2.24) is 10.2 Å². The maximum Gasteiger partial charge on any atom is 0.254 e. The van der Waals surface area contributed by atoms with Gasteiger partial charge >= 0.3 is 0 Å². The number of likely N-dealkylation sites (tertiary alicyclic amines) is 1. The number of benzene rings is 1. The quantitative estimate of drug-likeness (QED) is 0.736. The maximum absolute atomic E-state index is 12.6. The van der Waals surface area contributed by atoms with Gasteiger partial charge in [0.15, 0.2) is 0 Å². The summed E-state index contributed by atoms with van der Waals surface area (Å²) in [6.07, 6.45) is 5.03. The molecule has 6 nitrogen and oxygen atoms in total. The minimum Gasteiger partial charge on any atom is -0.356 e. The van der Waals surface area contributed by atoms with Crippen molar-refractivity contribution < 1.29 is 14.4 Å². The summed E-state index contributed by atoms with van der Waals surface area (Å²) < 4.78 is 0. The lowest BCUT2D eigenvalue weighted by atomic mass is 10.1. The van der Waals surface area contributed by atoms with Crippen molar-refractivity contribution in [2.45, 2.75) is 45.4 Å². The SMILES string of the molecule is Cc1c(NC(=O)CCCNC(=O)C2CC2)cccc1C(=O)N1CCCC1. The molecule has 6 heteroatoms. The average Bonchev–Trinajstić information content (AvgIpc) is 3.34. The molecule has 0 unspecified atom stereocenters. The highest BCUT2D eigenvalue weighted by molar-refractivity contribution is 5.99. The topological polar surface area (TPSA) is 78.5 Å². The molecule has 2 N–H and O–H groups in total. The van der Waals surface area contributed by atoms with Gasteiger partial charge in [-0.15, -0.1) is 0 Å². The van der Waals surface area contributed by atoms with Gasteiger partial charge in [0.1, 0.15) is 0 Å². The molecule has 1 heterocycles. The molecule has 0 spiro atoms. The van der Waals surface area contributed by atoms with E-state index in [1.165, 1.54) is 0 Å². The van der Waals surface area contributed by atoms with Crippen molar-refractivity contribution in [3.8, 4) is 0 Å². The van der Waals surface area contributed by atoms with E-state index in [-0.39, 0.29) is 23.6 Å². The van der Waals surface area contributed by atoms with E-state index >= 15 is 0 Å². The Morgan fingerprint density at radius 3 is 2.58 bits per heavy atom. The molecule has 1 aromatic rings. The normalized spacial score (nSPS) is 16.4. The van der Waals surface area contributed by atoms with E-state index in [1.54, 1.807) is 0 Å². The van der Waals surface area contributed by atoms with Crippen molar-refractivity contribution in [1.29, 1.82) is 0 Å². The third kappa shape index (κ3) is 4.62. The fourth-order valence-electron chi connectivity index (χ4n) is 3.26. The van der Waals surface area contributed by atoms with Gasteiger partial charge in [0.05, 0.1) is 0 Å². The number of hydrogen-bond acceptors (Lipinski definition) is 3. The van der Waals surface area contributed by atoms with Gasteiger partial charge in [0.25, 0.3) is 5.91 Å². The lowest BCUT2D eigenvalue weighted by Crippen LogP contribution is -2.28. The van der Waals surface area contributed by atoms with Gasteiger partial charge in [-0.1, -0.05) is 6.07 Å². The van der Waals surface area contributed by atoms with Crippen molar-refractivity contribution in [2.75, 3.05) is 25.0 Å². The molecule has 3 amide bonds. The molecular weight excluding hydrogens is 330 g/mol. The number of anilines is 1. The first-order valence-electron chi connectivity index (χ1n) is 9.52. The number of hydrogen-bond donors (Lipinski definition) is 2. The van der Waals surface area contributed by atoms with Crippen LogP contribution in [0.5, 0.6) is 0 Å². The Morgan fingerprint density at radius 1 is 1.15 bits per heavy atom. The molecule has 1 aromatic carbocycles. The molecule has 0 radical (unpaired) electrons. The minimum absolute atomic E-state index is 0.0406. The summed E-state index contributed by atoms with van der Waals surface area (Å²) >= 11 is 0. The van der Waals surface area contributed by atoms with Crippen LogP contribution in [0.2, 0.25) is 0 Å². The highest BCUT2D eigenvalue weighted by atomic mass is 16.2. The Labute approximate surface area is 154 Å². The molecule has 140 valence electrons. The lowest BCUT2D eigenvalue weighted by Gasteiger charge is -2.18. The molecule has 0 aromatic heterocycles. The highest BCUT2D eigenvalue weighted by Crippen LogP contribution is 2.28. The molecular formula is C20H27N3O3. The van der Waals surface area contributed by atoms with Crippen molar-refractivity contribution in [3.63, 3.8) is 0 Å². The lowest BCUT2D eigenvalue weighted by molar-refractivity contribution is -0.122. The number of carbonyl (C=O) groups excluding carboxylic acids is 3. The van der Waals surface area contributed by atoms with Crippen molar-refractivity contribution in [3.05, 3.63) is 29.3 Å². The zero-order valence-corrected chi connectivity index (χ0v) is 15.3. The van der Waals surface area contributed by atoms with Crippen LogP contribution < -0.4 is 10.6 Å². The Balaban J connectivity index is 1.50. The molecule has 0 bridgehead atoms. The maximum atomic E-state index is 12.6. The first-order valence-corrected chi connectivity index (χ1v) is 9.52. The zero-order chi connectivity index (χ0) is 18.5.